The maximum Gasteiger partial charge on any atom is 0.356 e. The second kappa shape index (κ2) is 5.53. The summed E-state index contributed by atoms with van der Waals surface area (Å²) < 4.78 is 14.3. The maximum atomic E-state index is 11.1. The SMILES string of the molecule is COCOc1ccc(C(=O)OC)nc1Cl. The van der Waals surface area contributed by atoms with E-state index in [1.165, 1.54) is 26.4 Å². The molecule has 6 heteroatoms. The Hall–Kier alpha value is -1.33. The zero-order valence-corrected chi connectivity index (χ0v) is 9.08. The van der Waals surface area contributed by atoms with Gasteiger partial charge in [0.25, 0.3) is 0 Å². The Balaban J connectivity index is 2.83. The summed E-state index contributed by atoms with van der Waals surface area (Å²) in [6.45, 7) is 0.0684. The molecule has 0 N–H and O–H groups in total. The molecule has 0 saturated carbocycles. The Morgan fingerprint density at radius 2 is 2.20 bits per heavy atom. The van der Waals surface area contributed by atoms with Crippen LogP contribution in [0.1, 0.15) is 10.5 Å². The topological polar surface area (TPSA) is 57.7 Å². The van der Waals surface area contributed by atoms with E-state index in [4.69, 9.17) is 21.1 Å². The lowest BCUT2D eigenvalue weighted by Gasteiger charge is -2.06. The minimum absolute atomic E-state index is 0.0684. The Kier molecular flexibility index (Phi) is 4.33. The van der Waals surface area contributed by atoms with Crippen LogP contribution in [0.2, 0.25) is 5.15 Å². The number of hydrogen-bond acceptors (Lipinski definition) is 5. The number of pyridine rings is 1. The van der Waals surface area contributed by atoms with Crippen molar-refractivity contribution >= 4 is 17.6 Å². The fraction of sp³-hybridized carbons (Fsp3) is 0.333. The summed E-state index contributed by atoms with van der Waals surface area (Å²) in [5, 5.41) is 0.0925. The molecule has 5 nitrogen and oxygen atoms in total. The van der Waals surface area contributed by atoms with E-state index in [2.05, 4.69) is 9.72 Å². The standard InChI is InChI=1S/C9H10ClNO4/c1-13-5-15-7-4-3-6(9(12)14-2)11-8(7)10/h3-4H,5H2,1-2H3. The largest absolute Gasteiger partial charge is 0.464 e. The summed E-state index contributed by atoms with van der Waals surface area (Å²) in [4.78, 5) is 14.9. The van der Waals surface area contributed by atoms with Crippen molar-refractivity contribution in [2.24, 2.45) is 0 Å². The molecule has 0 radical (unpaired) electrons. The molecular formula is C9H10ClNO4. The number of aromatic nitrogens is 1. The number of nitrogens with zero attached hydrogens (tertiary/aromatic N) is 1. The molecule has 0 aliphatic rings. The van der Waals surface area contributed by atoms with Gasteiger partial charge in [0, 0.05) is 7.11 Å². The molecule has 1 aromatic heterocycles. The summed E-state index contributed by atoms with van der Waals surface area (Å²) in [6.07, 6.45) is 0. The molecule has 0 fully saturated rings. The molecule has 0 aliphatic heterocycles. The van der Waals surface area contributed by atoms with Crippen molar-refractivity contribution in [1.82, 2.24) is 4.98 Å². The number of rotatable bonds is 4. The number of methoxy groups -OCH3 is 2. The van der Waals surface area contributed by atoms with Crippen molar-refractivity contribution in [2.75, 3.05) is 21.0 Å². The van der Waals surface area contributed by atoms with Crippen LogP contribution in [-0.4, -0.2) is 32.0 Å². The van der Waals surface area contributed by atoms with Gasteiger partial charge in [-0.05, 0) is 12.1 Å². The van der Waals surface area contributed by atoms with Crippen molar-refractivity contribution < 1.29 is 19.0 Å². The third kappa shape index (κ3) is 3.07. The van der Waals surface area contributed by atoms with Gasteiger partial charge >= 0.3 is 5.97 Å². The van der Waals surface area contributed by atoms with Gasteiger partial charge in [0.2, 0.25) is 0 Å². The molecule has 1 aromatic rings. The van der Waals surface area contributed by atoms with Gasteiger partial charge in [0.1, 0.15) is 5.69 Å². The summed E-state index contributed by atoms with van der Waals surface area (Å²) in [5.41, 5.74) is 0.132. The minimum Gasteiger partial charge on any atom is -0.464 e. The van der Waals surface area contributed by atoms with Gasteiger partial charge in [0.15, 0.2) is 17.7 Å². The van der Waals surface area contributed by atoms with Gasteiger partial charge < -0.3 is 14.2 Å². The molecule has 0 aliphatic carbocycles. The van der Waals surface area contributed by atoms with E-state index in [1.54, 1.807) is 0 Å². The maximum absolute atomic E-state index is 11.1. The van der Waals surface area contributed by atoms with E-state index in [0.29, 0.717) is 5.75 Å². The van der Waals surface area contributed by atoms with Crippen molar-refractivity contribution in [1.29, 1.82) is 0 Å². The minimum atomic E-state index is -0.546. The highest BCUT2D eigenvalue weighted by Crippen LogP contribution is 2.22. The highest BCUT2D eigenvalue weighted by molar-refractivity contribution is 6.31. The molecule has 15 heavy (non-hydrogen) atoms. The highest BCUT2D eigenvalue weighted by Gasteiger charge is 2.10. The van der Waals surface area contributed by atoms with E-state index in [0.717, 1.165) is 0 Å². The van der Waals surface area contributed by atoms with E-state index < -0.39 is 5.97 Å². The van der Waals surface area contributed by atoms with Gasteiger partial charge in [-0.15, -0.1) is 0 Å². The molecule has 0 saturated heterocycles. The number of carbonyl (C=O) groups is 1. The van der Waals surface area contributed by atoms with E-state index in [1.807, 2.05) is 0 Å². The zero-order chi connectivity index (χ0) is 11.3. The lowest BCUT2D eigenvalue weighted by molar-refractivity contribution is 0.0508. The summed E-state index contributed by atoms with van der Waals surface area (Å²) in [5.74, 6) is -0.193. The van der Waals surface area contributed by atoms with Crippen LogP contribution in [0.3, 0.4) is 0 Å². The van der Waals surface area contributed by atoms with Crippen LogP contribution >= 0.6 is 11.6 Å². The molecular weight excluding hydrogens is 222 g/mol. The molecule has 0 amide bonds. The van der Waals surface area contributed by atoms with Crippen LogP contribution in [0, 0.1) is 0 Å². The molecule has 0 bridgehead atoms. The second-order valence-corrected chi connectivity index (χ2v) is 2.89. The monoisotopic (exact) mass is 231 g/mol. The Morgan fingerprint density at radius 3 is 2.73 bits per heavy atom. The van der Waals surface area contributed by atoms with E-state index in [9.17, 15) is 4.79 Å². The summed E-state index contributed by atoms with van der Waals surface area (Å²) >= 11 is 5.77. The number of carbonyl (C=O) groups excluding carboxylic acids is 1. The first-order chi connectivity index (χ1) is 7.19. The third-order valence-corrected chi connectivity index (χ3v) is 1.81. The average molecular weight is 232 g/mol. The number of hydrogen-bond donors (Lipinski definition) is 0. The van der Waals surface area contributed by atoms with E-state index >= 15 is 0 Å². The smallest absolute Gasteiger partial charge is 0.356 e. The summed E-state index contributed by atoms with van der Waals surface area (Å²) in [6, 6.07) is 2.99. The predicted octanol–water partition coefficient (Wildman–Crippen LogP) is 1.50. The van der Waals surface area contributed by atoms with Crippen LogP contribution in [0.15, 0.2) is 12.1 Å². The Bertz CT molecular complexity index is 356. The van der Waals surface area contributed by atoms with Crippen LogP contribution in [-0.2, 0) is 9.47 Å². The molecule has 0 unspecified atom stereocenters. The van der Waals surface area contributed by atoms with Crippen molar-refractivity contribution in [3.8, 4) is 5.75 Å². The molecule has 0 aromatic carbocycles. The molecule has 82 valence electrons. The van der Waals surface area contributed by atoms with Crippen LogP contribution in [0.5, 0.6) is 5.75 Å². The fourth-order valence-electron chi connectivity index (χ4n) is 0.870. The van der Waals surface area contributed by atoms with Crippen molar-refractivity contribution in [3.63, 3.8) is 0 Å². The lowest BCUT2D eigenvalue weighted by atomic mass is 10.3. The van der Waals surface area contributed by atoms with Gasteiger partial charge in [-0.3, -0.25) is 0 Å². The lowest BCUT2D eigenvalue weighted by Crippen LogP contribution is -2.06. The first kappa shape index (κ1) is 11.7. The van der Waals surface area contributed by atoms with Gasteiger partial charge in [-0.25, -0.2) is 9.78 Å². The fourth-order valence-corrected chi connectivity index (χ4v) is 1.08. The summed E-state index contributed by atoms with van der Waals surface area (Å²) in [7, 11) is 2.76. The zero-order valence-electron chi connectivity index (χ0n) is 8.32. The van der Waals surface area contributed by atoms with Crippen molar-refractivity contribution in [3.05, 3.63) is 23.0 Å². The molecule has 0 atom stereocenters. The highest BCUT2D eigenvalue weighted by atomic mass is 35.5. The first-order valence-electron chi connectivity index (χ1n) is 4.05. The van der Waals surface area contributed by atoms with Crippen molar-refractivity contribution in [2.45, 2.75) is 0 Å². The molecule has 0 spiro atoms. The average Bonchev–Trinajstić information content (AvgIpc) is 2.26. The molecule has 1 rings (SSSR count). The van der Waals surface area contributed by atoms with Crippen LogP contribution in [0.4, 0.5) is 0 Å². The van der Waals surface area contributed by atoms with Crippen LogP contribution < -0.4 is 4.74 Å². The third-order valence-electron chi connectivity index (χ3n) is 1.54. The van der Waals surface area contributed by atoms with Crippen LogP contribution in [0.25, 0.3) is 0 Å². The first-order valence-corrected chi connectivity index (χ1v) is 4.43. The Labute approximate surface area is 91.9 Å². The van der Waals surface area contributed by atoms with Gasteiger partial charge in [-0.2, -0.15) is 0 Å². The Morgan fingerprint density at radius 1 is 1.47 bits per heavy atom. The predicted molar refractivity (Wildman–Crippen MR) is 53.1 cm³/mol. The molecule has 1 heterocycles. The van der Waals surface area contributed by atoms with Gasteiger partial charge in [0.05, 0.1) is 7.11 Å². The second-order valence-electron chi connectivity index (χ2n) is 2.53. The normalized spacial score (nSPS) is 9.80. The van der Waals surface area contributed by atoms with Gasteiger partial charge in [-0.1, -0.05) is 11.6 Å². The van der Waals surface area contributed by atoms with E-state index in [-0.39, 0.29) is 17.6 Å². The number of esters is 1. The number of halogens is 1. The quantitative estimate of drug-likeness (QED) is 0.447. The number of ether oxygens (including phenoxy) is 3.